The minimum atomic E-state index is -3.04. The van der Waals surface area contributed by atoms with Gasteiger partial charge in [-0.05, 0) is 29.1 Å². The van der Waals surface area contributed by atoms with Crippen LogP contribution in [0.4, 0.5) is 4.39 Å². The van der Waals surface area contributed by atoms with E-state index in [0.29, 0.717) is 19.6 Å². The highest BCUT2D eigenvalue weighted by atomic mass is 32.2. The number of thiophene rings is 1. The summed E-state index contributed by atoms with van der Waals surface area (Å²) >= 11 is 1.71. The predicted octanol–water partition coefficient (Wildman–Crippen LogP) is 2.37. The molecular weight excluding hydrogens is 359 g/mol. The van der Waals surface area contributed by atoms with E-state index in [0.717, 1.165) is 18.7 Å². The SMILES string of the molecule is O=S1(=O)CCN(Cc2ccc(F)cc2)[C@H]2CN(Cc3cccs3)C[C@@H]21. The van der Waals surface area contributed by atoms with Crippen molar-refractivity contribution in [2.45, 2.75) is 24.4 Å². The van der Waals surface area contributed by atoms with E-state index in [1.807, 2.05) is 6.07 Å². The Balaban J connectivity index is 1.51. The summed E-state index contributed by atoms with van der Waals surface area (Å²) in [6.45, 7) is 3.40. The highest BCUT2D eigenvalue weighted by Gasteiger charge is 2.47. The fraction of sp³-hybridized carbons (Fsp3) is 0.444. The van der Waals surface area contributed by atoms with Gasteiger partial charge in [-0.3, -0.25) is 9.80 Å². The van der Waals surface area contributed by atoms with Crippen molar-refractivity contribution in [2.24, 2.45) is 0 Å². The van der Waals surface area contributed by atoms with E-state index in [1.54, 1.807) is 23.5 Å². The topological polar surface area (TPSA) is 40.6 Å². The molecule has 134 valence electrons. The smallest absolute Gasteiger partial charge is 0.157 e. The first kappa shape index (κ1) is 17.1. The van der Waals surface area contributed by atoms with E-state index in [9.17, 15) is 12.8 Å². The minimum absolute atomic E-state index is 0.0174. The number of benzene rings is 1. The molecule has 2 aromatic rings. The van der Waals surface area contributed by atoms with E-state index in [4.69, 9.17) is 0 Å². The fourth-order valence-corrected chi connectivity index (χ4v) is 6.58. The van der Waals surface area contributed by atoms with Gasteiger partial charge in [0.25, 0.3) is 0 Å². The first-order valence-corrected chi connectivity index (χ1v) is 11.1. The van der Waals surface area contributed by atoms with Crippen molar-refractivity contribution in [2.75, 3.05) is 25.4 Å². The third kappa shape index (κ3) is 3.65. The lowest BCUT2D eigenvalue weighted by Crippen LogP contribution is -2.53. The van der Waals surface area contributed by atoms with Crippen LogP contribution in [0.25, 0.3) is 0 Å². The first-order valence-electron chi connectivity index (χ1n) is 8.46. The summed E-state index contributed by atoms with van der Waals surface area (Å²) in [4.78, 5) is 5.77. The normalized spacial score (nSPS) is 26.6. The Bertz CT molecular complexity index is 821. The summed E-state index contributed by atoms with van der Waals surface area (Å²) < 4.78 is 38.2. The van der Waals surface area contributed by atoms with Crippen LogP contribution in [0.3, 0.4) is 0 Å². The molecule has 1 aromatic carbocycles. The lowest BCUT2D eigenvalue weighted by atomic mass is 10.1. The van der Waals surface area contributed by atoms with Gasteiger partial charge in [-0.25, -0.2) is 12.8 Å². The zero-order valence-electron chi connectivity index (χ0n) is 13.8. The average Bonchev–Trinajstić information content (AvgIpc) is 3.23. The predicted molar refractivity (Wildman–Crippen MR) is 97.8 cm³/mol. The van der Waals surface area contributed by atoms with Gasteiger partial charge in [0, 0.05) is 43.6 Å². The number of fused-ring (bicyclic) bond motifs is 1. The van der Waals surface area contributed by atoms with Crippen LogP contribution in [0, 0.1) is 5.82 Å². The van der Waals surface area contributed by atoms with Crippen LogP contribution < -0.4 is 0 Å². The van der Waals surface area contributed by atoms with Gasteiger partial charge in [-0.2, -0.15) is 0 Å². The number of halogens is 1. The quantitative estimate of drug-likeness (QED) is 0.817. The molecule has 0 spiro atoms. The average molecular weight is 381 g/mol. The van der Waals surface area contributed by atoms with Gasteiger partial charge in [0.1, 0.15) is 5.82 Å². The molecule has 4 rings (SSSR count). The molecule has 0 unspecified atom stereocenters. The molecule has 7 heteroatoms. The largest absolute Gasteiger partial charge is 0.295 e. The van der Waals surface area contributed by atoms with Crippen LogP contribution in [0.1, 0.15) is 10.4 Å². The van der Waals surface area contributed by atoms with Crippen LogP contribution in [-0.4, -0.2) is 54.9 Å². The van der Waals surface area contributed by atoms with Crippen molar-refractivity contribution in [3.63, 3.8) is 0 Å². The molecule has 0 aliphatic carbocycles. The van der Waals surface area contributed by atoms with Crippen LogP contribution >= 0.6 is 11.3 Å². The molecular formula is C18H21FN2O2S2. The molecule has 0 radical (unpaired) electrons. The van der Waals surface area contributed by atoms with Crippen LogP contribution in [0.5, 0.6) is 0 Å². The van der Waals surface area contributed by atoms with Gasteiger partial charge >= 0.3 is 0 Å². The molecule has 2 aliphatic rings. The lowest BCUT2D eigenvalue weighted by Gasteiger charge is -2.36. The molecule has 0 amide bonds. The number of likely N-dealkylation sites (tertiary alicyclic amines) is 1. The van der Waals surface area contributed by atoms with E-state index < -0.39 is 9.84 Å². The maximum Gasteiger partial charge on any atom is 0.157 e. The van der Waals surface area contributed by atoms with Gasteiger partial charge in [0.2, 0.25) is 0 Å². The van der Waals surface area contributed by atoms with E-state index >= 15 is 0 Å². The minimum Gasteiger partial charge on any atom is -0.295 e. The molecule has 0 saturated carbocycles. The number of nitrogens with zero attached hydrogens (tertiary/aromatic N) is 2. The number of hydrogen-bond acceptors (Lipinski definition) is 5. The Morgan fingerprint density at radius 1 is 1.12 bits per heavy atom. The second-order valence-corrected chi connectivity index (χ2v) is 10.2. The van der Waals surface area contributed by atoms with Gasteiger partial charge in [-0.1, -0.05) is 18.2 Å². The zero-order chi connectivity index (χ0) is 17.4. The molecule has 25 heavy (non-hydrogen) atoms. The third-order valence-corrected chi connectivity index (χ3v) is 8.16. The maximum atomic E-state index is 13.1. The van der Waals surface area contributed by atoms with Gasteiger partial charge in [0.05, 0.1) is 11.0 Å². The summed E-state index contributed by atoms with van der Waals surface area (Å²) in [5, 5.41) is 1.73. The lowest BCUT2D eigenvalue weighted by molar-refractivity contribution is 0.186. The van der Waals surface area contributed by atoms with Crippen molar-refractivity contribution < 1.29 is 12.8 Å². The summed E-state index contributed by atoms with van der Waals surface area (Å²) in [6.07, 6.45) is 0. The maximum absolute atomic E-state index is 13.1. The fourth-order valence-electron chi connectivity index (χ4n) is 3.87. The van der Waals surface area contributed by atoms with Crippen molar-refractivity contribution in [3.8, 4) is 0 Å². The van der Waals surface area contributed by atoms with E-state index in [1.165, 1.54) is 17.0 Å². The van der Waals surface area contributed by atoms with Crippen LogP contribution in [0.2, 0.25) is 0 Å². The van der Waals surface area contributed by atoms with Gasteiger partial charge < -0.3 is 0 Å². The Kier molecular flexibility index (Phi) is 4.66. The molecule has 0 bridgehead atoms. The van der Waals surface area contributed by atoms with Gasteiger partial charge in [-0.15, -0.1) is 11.3 Å². The summed E-state index contributed by atoms with van der Waals surface area (Å²) in [5.74, 6) is -0.0341. The molecule has 2 aliphatic heterocycles. The standard InChI is InChI=1S/C18H21FN2O2S2/c19-15-5-3-14(4-6-15)10-21-7-9-25(22,23)18-13-20(12-17(18)21)11-16-2-1-8-24-16/h1-6,8,17-18H,7,9-13H2/t17-,18-/m0/s1. The third-order valence-electron chi connectivity index (χ3n) is 5.16. The van der Waals surface area contributed by atoms with Crippen LogP contribution in [-0.2, 0) is 22.9 Å². The van der Waals surface area contributed by atoms with E-state index in [-0.39, 0.29) is 22.9 Å². The summed E-state index contributed by atoms with van der Waals surface area (Å²) in [6, 6.07) is 10.6. The highest BCUT2D eigenvalue weighted by Crippen LogP contribution is 2.30. The molecule has 2 saturated heterocycles. The van der Waals surface area contributed by atoms with Crippen molar-refractivity contribution in [3.05, 3.63) is 58.0 Å². The highest BCUT2D eigenvalue weighted by molar-refractivity contribution is 7.92. The molecule has 0 N–H and O–H groups in total. The number of sulfone groups is 1. The van der Waals surface area contributed by atoms with Gasteiger partial charge in [0.15, 0.2) is 9.84 Å². The molecule has 4 nitrogen and oxygen atoms in total. The second kappa shape index (κ2) is 6.79. The van der Waals surface area contributed by atoms with Crippen molar-refractivity contribution in [1.29, 1.82) is 0 Å². The van der Waals surface area contributed by atoms with Crippen molar-refractivity contribution in [1.82, 2.24) is 9.80 Å². The summed E-state index contributed by atoms with van der Waals surface area (Å²) in [7, 11) is -3.04. The Morgan fingerprint density at radius 3 is 2.64 bits per heavy atom. The second-order valence-electron chi connectivity index (χ2n) is 6.84. The first-order chi connectivity index (χ1) is 12.0. The molecule has 2 fully saturated rings. The Hall–Kier alpha value is -1.28. The Morgan fingerprint density at radius 2 is 1.92 bits per heavy atom. The molecule has 2 atom stereocenters. The van der Waals surface area contributed by atoms with Crippen LogP contribution in [0.15, 0.2) is 41.8 Å². The van der Waals surface area contributed by atoms with E-state index in [2.05, 4.69) is 21.2 Å². The molecule has 3 heterocycles. The van der Waals surface area contributed by atoms with Crippen molar-refractivity contribution >= 4 is 21.2 Å². The summed E-state index contributed by atoms with van der Waals surface area (Å²) in [5.41, 5.74) is 1.02. The Labute approximate surface area is 151 Å². The zero-order valence-corrected chi connectivity index (χ0v) is 15.5. The monoisotopic (exact) mass is 380 g/mol. The molecule has 1 aromatic heterocycles. The number of rotatable bonds is 4. The number of hydrogen-bond donors (Lipinski definition) is 0.